The van der Waals surface area contributed by atoms with Gasteiger partial charge in [0.1, 0.15) is 5.82 Å². The summed E-state index contributed by atoms with van der Waals surface area (Å²) in [5, 5.41) is 0. The predicted molar refractivity (Wildman–Crippen MR) is 125 cm³/mol. The Labute approximate surface area is 187 Å². The number of piperazine rings is 1. The Bertz CT molecular complexity index is 749. The first-order chi connectivity index (χ1) is 13.0. The second-order valence-corrected chi connectivity index (χ2v) is 9.83. The van der Waals surface area contributed by atoms with E-state index in [2.05, 4.69) is 9.89 Å². The maximum Gasteiger partial charge on any atom is 0.215 e. The third-order valence-corrected chi connectivity index (χ3v) is 7.57. The Hall–Kier alpha value is -0.790. The van der Waals surface area contributed by atoms with Crippen LogP contribution in [0, 0.1) is 5.82 Å². The fourth-order valence-electron chi connectivity index (χ4n) is 3.18. The summed E-state index contributed by atoms with van der Waals surface area (Å²) in [4.78, 5) is 8.41. The van der Waals surface area contributed by atoms with Gasteiger partial charge in [0.2, 0.25) is 10.0 Å². The number of guanidine groups is 1. The molecule has 1 aromatic carbocycles. The fraction of sp³-hybridized carbons (Fsp3) is 0.588. The van der Waals surface area contributed by atoms with Crippen molar-refractivity contribution < 1.29 is 12.8 Å². The van der Waals surface area contributed by atoms with Gasteiger partial charge in [-0.05, 0) is 24.3 Å². The van der Waals surface area contributed by atoms with Gasteiger partial charge in [-0.3, -0.25) is 4.99 Å². The van der Waals surface area contributed by atoms with Crippen molar-refractivity contribution in [3.63, 3.8) is 0 Å². The molecule has 0 unspecified atom stereocenters. The number of anilines is 1. The highest BCUT2D eigenvalue weighted by Gasteiger charge is 2.24. The molecule has 158 valence electrons. The molecule has 2 N–H and O–H groups in total. The number of nitrogens with zero attached hydrogens (tertiary/aromatic N) is 4. The number of halogens is 2. The molecule has 0 saturated carbocycles. The normalized spacial score (nSPS) is 19.4. The van der Waals surface area contributed by atoms with Gasteiger partial charge in [0.15, 0.2) is 5.96 Å². The number of nitrogens with two attached hydrogens (primary N) is 1. The van der Waals surface area contributed by atoms with Crippen LogP contribution in [0.3, 0.4) is 0 Å². The third-order valence-electron chi connectivity index (χ3n) is 4.78. The average Bonchev–Trinajstić information content (AvgIpc) is 2.69. The number of aliphatic imine (C=N–C) groups is 1. The molecule has 2 saturated heterocycles. The molecule has 0 aliphatic carbocycles. The molecule has 0 radical (unpaired) electrons. The maximum atomic E-state index is 13.0. The summed E-state index contributed by atoms with van der Waals surface area (Å²) < 4.78 is 39.2. The zero-order valence-corrected chi connectivity index (χ0v) is 19.6. The smallest absolute Gasteiger partial charge is 0.215 e. The summed E-state index contributed by atoms with van der Waals surface area (Å²) in [5.74, 6) is 1.84. The first-order valence-corrected chi connectivity index (χ1v) is 11.8. The van der Waals surface area contributed by atoms with Crippen molar-refractivity contribution in [2.24, 2.45) is 10.7 Å². The van der Waals surface area contributed by atoms with E-state index in [9.17, 15) is 12.8 Å². The minimum atomic E-state index is -3.26. The lowest BCUT2D eigenvalue weighted by atomic mass is 10.2. The second kappa shape index (κ2) is 10.8. The van der Waals surface area contributed by atoms with Gasteiger partial charge in [0.05, 0.1) is 12.3 Å². The van der Waals surface area contributed by atoms with Crippen LogP contribution < -0.4 is 10.6 Å². The van der Waals surface area contributed by atoms with Crippen molar-refractivity contribution in [2.45, 2.75) is 0 Å². The fourth-order valence-corrected chi connectivity index (χ4v) is 5.63. The second-order valence-electron chi connectivity index (χ2n) is 6.52. The minimum absolute atomic E-state index is 0. The molecule has 0 amide bonds. The number of benzene rings is 1. The Morgan fingerprint density at radius 1 is 1.07 bits per heavy atom. The molecule has 11 heteroatoms. The summed E-state index contributed by atoms with van der Waals surface area (Å²) in [6.07, 6.45) is 0. The van der Waals surface area contributed by atoms with Crippen LogP contribution in [-0.4, -0.2) is 86.7 Å². The third kappa shape index (κ3) is 6.36. The van der Waals surface area contributed by atoms with Gasteiger partial charge in [-0.1, -0.05) is 0 Å². The molecular formula is C17H27FIN5O2S2. The van der Waals surface area contributed by atoms with Gasteiger partial charge in [0, 0.05) is 56.5 Å². The van der Waals surface area contributed by atoms with Crippen molar-refractivity contribution in [3.8, 4) is 0 Å². The highest BCUT2D eigenvalue weighted by Crippen LogP contribution is 2.17. The number of hydrogen-bond donors (Lipinski definition) is 1. The number of sulfonamides is 1. The molecule has 0 aromatic heterocycles. The zero-order valence-electron chi connectivity index (χ0n) is 15.7. The van der Waals surface area contributed by atoms with Crippen LogP contribution in [-0.2, 0) is 10.0 Å². The van der Waals surface area contributed by atoms with E-state index in [1.54, 1.807) is 28.2 Å². The Morgan fingerprint density at radius 2 is 1.68 bits per heavy atom. The van der Waals surface area contributed by atoms with E-state index in [0.29, 0.717) is 32.1 Å². The van der Waals surface area contributed by atoms with Gasteiger partial charge in [-0.25, -0.2) is 17.1 Å². The number of rotatable bonds is 5. The van der Waals surface area contributed by atoms with Crippen molar-refractivity contribution in [1.82, 2.24) is 9.21 Å². The lowest BCUT2D eigenvalue weighted by molar-refractivity contribution is 0.381. The molecule has 28 heavy (non-hydrogen) atoms. The molecule has 2 aliphatic heterocycles. The zero-order chi connectivity index (χ0) is 19.3. The lowest BCUT2D eigenvalue weighted by Crippen LogP contribution is -2.51. The molecule has 2 fully saturated rings. The van der Waals surface area contributed by atoms with Gasteiger partial charge >= 0.3 is 0 Å². The molecule has 0 bridgehead atoms. The van der Waals surface area contributed by atoms with Crippen LogP contribution in [0.4, 0.5) is 10.1 Å². The van der Waals surface area contributed by atoms with Crippen molar-refractivity contribution >= 4 is 57.4 Å². The van der Waals surface area contributed by atoms with E-state index in [1.807, 2.05) is 4.90 Å². The molecule has 0 spiro atoms. The van der Waals surface area contributed by atoms with Crippen molar-refractivity contribution in [2.75, 3.05) is 68.0 Å². The highest BCUT2D eigenvalue weighted by molar-refractivity contribution is 14.0. The largest absolute Gasteiger partial charge is 0.370 e. The van der Waals surface area contributed by atoms with Crippen LogP contribution >= 0.6 is 35.7 Å². The van der Waals surface area contributed by atoms with E-state index in [0.717, 1.165) is 30.3 Å². The Morgan fingerprint density at radius 3 is 2.29 bits per heavy atom. The van der Waals surface area contributed by atoms with E-state index in [-0.39, 0.29) is 42.1 Å². The maximum absolute atomic E-state index is 13.0. The predicted octanol–water partition coefficient (Wildman–Crippen LogP) is 1.26. The molecule has 0 atom stereocenters. The van der Waals surface area contributed by atoms with E-state index >= 15 is 0 Å². The van der Waals surface area contributed by atoms with E-state index < -0.39 is 10.0 Å². The Kier molecular flexibility index (Phi) is 9.09. The van der Waals surface area contributed by atoms with Gasteiger partial charge < -0.3 is 15.5 Å². The minimum Gasteiger partial charge on any atom is -0.370 e. The summed E-state index contributed by atoms with van der Waals surface area (Å²) in [6, 6.07) is 6.46. The van der Waals surface area contributed by atoms with E-state index in [1.165, 1.54) is 12.1 Å². The summed E-state index contributed by atoms with van der Waals surface area (Å²) >= 11 is 1.78. The van der Waals surface area contributed by atoms with Gasteiger partial charge in [-0.15, -0.1) is 24.0 Å². The van der Waals surface area contributed by atoms with Crippen LogP contribution in [0.1, 0.15) is 0 Å². The van der Waals surface area contributed by atoms with Gasteiger partial charge in [-0.2, -0.15) is 11.8 Å². The first kappa shape index (κ1) is 23.5. The van der Waals surface area contributed by atoms with Crippen molar-refractivity contribution in [3.05, 3.63) is 30.1 Å². The summed E-state index contributed by atoms with van der Waals surface area (Å²) in [5.41, 5.74) is 7.04. The van der Waals surface area contributed by atoms with Crippen LogP contribution in [0.5, 0.6) is 0 Å². The SMILES string of the molecule is I.NC(=NCCS(=O)(=O)N1CCSCC1)N1CCN(c2ccc(F)cc2)CC1. The monoisotopic (exact) mass is 543 g/mol. The van der Waals surface area contributed by atoms with Crippen molar-refractivity contribution in [1.29, 1.82) is 0 Å². The molecule has 1 aromatic rings. The quantitative estimate of drug-likeness (QED) is 0.342. The molecule has 7 nitrogen and oxygen atoms in total. The molecule has 2 aliphatic rings. The van der Waals surface area contributed by atoms with Crippen LogP contribution in [0.15, 0.2) is 29.3 Å². The molecular weight excluding hydrogens is 516 g/mol. The molecule has 2 heterocycles. The lowest BCUT2D eigenvalue weighted by Gasteiger charge is -2.36. The van der Waals surface area contributed by atoms with Gasteiger partial charge in [0.25, 0.3) is 0 Å². The standard InChI is InChI=1S/C17H26FN5O2S2.HI/c18-15-1-3-16(4-2-15)21-6-8-22(9-7-21)17(19)20-5-14-27(24,25)23-10-12-26-13-11-23;/h1-4H,5-14H2,(H2,19,20);1H. The molecule has 3 rings (SSSR count). The first-order valence-electron chi connectivity index (χ1n) is 9.07. The number of thioether (sulfide) groups is 1. The van der Waals surface area contributed by atoms with Crippen LogP contribution in [0.25, 0.3) is 0 Å². The van der Waals surface area contributed by atoms with Crippen LogP contribution in [0.2, 0.25) is 0 Å². The topological polar surface area (TPSA) is 82.2 Å². The Balaban J connectivity index is 0.00000280. The summed E-state index contributed by atoms with van der Waals surface area (Å²) in [7, 11) is -3.26. The van der Waals surface area contributed by atoms with E-state index in [4.69, 9.17) is 5.73 Å². The average molecular weight is 543 g/mol. The number of hydrogen-bond acceptors (Lipinski definition) is 5. The highest BCUT2D eigenvalue weighted by atomic mass is 127. The summed E-state index contributed by atoms with van der Waals surface area (Å²) in [6.45, 7) is 4.24.